The van der Waals surface area contributed by atoms with E-state index in [2.05, 4.69) is 27.9 Å². The number of nitrogens with one attached hydrogen (secondary N) is 1. The summed E-state index contributed by atoms with van der Waals surface area (Å²) in [6.07, 6.45) is 0.614. The van der Waals surface area contributed by atoms with E-state index in [0.29, 0.717) is 6.42 Å². The van der Waals surface area contributed by atoms with E-state index < -0.39 is 6.04 Å². The van der Waals surface area contributed by atoms with Gasteiger partial charge in [0.2, 0.25) is 11.8 Å². The molecule has 0 spiro atoms. The SMILES string of the molecule is CCC1C(=O)NCC(=O)N1c1ccccc1I. The van der Waals surface area contributed by atoms with Gasteiger partial charge in [0.15, 0.2) is 0 Å². The van der Waals surface area contributed by atoms with Gasteiger partial charge in [0.25, 0.3) is 0 Å². The molecule has 1 atom stereocenters. The average Bonchev–Trinajstić information content (AvgIpc) is 2.33. The van der Waals surface area contributed by atoms with E-state index in [0.717, 1.165) is 9.26 Å². The zero-order valence-corrected chi connectivity index (χ0v) is 11.6. The molecule has 1 aromatic carbocycles. The van der Waals surface area contributed by atoms with E-state index >= 15 is 0 Å². The van der Waals surface area contributed by atoms with E-state index in [1.165, 1.54) is 0 Å². The normalized spacial score (nSPS) is 20.4. The second-order valence-corrected chi connectivity index (χ2v) is 5.02. The third-order valence-electron chi connectivity index (χ3n) is 2.80. The zero-order chi connectivity index (χ0) is 12.4. The molecule has 1 unspecified atom stereocenters. The Balaban J connectivity index is 2.43. The monoisotopic (exact) mass is 344 g/mol. The van der Waals surface area contributed by atoms with Crippen LogP contribution < -0.4 is 10.2 Å². The molecule has 0 radical (unpaired) electrons. The number of hydrogen-bond acceptors (Lipinski definition) is 2. The highest BCUT2D eigenvalue weighted by atomic mass is 127. The van der Waals surface area contributed by atoms with Crippen molar-refractivity contribution >= 4 is 40.1 Å². The summed E-state index contributed by atoms with van der Waals surface area (Å²) in [5, 5.41) is 2.62. The minimum atomic E-state index is -0.396. The van der Waals surface area contributed by atoms with Crippen molar-refractivity contribution in [3.05, 3.63) is 27.8 Å². The molecule has 5 heteroatoms. The van der Waals surface area contributed by atoms with Crippen molar-refractivity contribution < 1.29 is 9.59 Å². The fraction of sp³-hybridized carbons (Fsp3) is 0.333. The lowest BCUT2D eigenvalue weighted by atomic mass is 10.1. The van der Waals surface area contributed by atoms with Crippen molar-refractivity contribution in [3.63, 3.8) is 0 Å². The number of nitrogens with zero attached hydrogens (tertiary/aromatic N) is 1. The number of amides is 2. The van der Waals surface area contributed by atoms with Crippen molar-refractivity contribution in [1.29, 1.82) is 0 Å². The Morgan fingerprint density at radius 1 is 1.41 bits per heavy atom. The van der Waals surface area contributed by atoms with Crippen LogP contribution in [0.4, 0.5) is 5.69 Å². The number of carbonyl (C=O) groups excluding carboxylic acids is 2. The number of rotatable bonds is 2. The second kappa shape index (κ2) is 5.03. The molecule has 0 aromatic heterocycles. The number of anilines is 1. The van der Waals surface area contributed by atoms with Crippen molar-refractivity contribution in [1.82, 2.24) is 5.32 Å². The number of halogens is 1. The molecule has 1 aromatic rings. The molecule has 0 saturated carbocycles. The van der Waals surface area contributed by atoms with Gasteiger partial charge in [-0.1, -0.05) is 19.1 Å². The summed E-state index contributed by atoms with van der Waals surface area (Å²) < 4.78 is 0.978. The minimum absolute atomic E-state index is 0.0550. The van der Waals surface area contributed by atoms with Crippen LogP contribution in [0, 0.1) is 3.57 Å². The number of hydrogen-bond donors (Lipinski definition) is 1. The summed E-state index contributed by atoms with van der Waals surface area (Å²) >= 11 is 2.18. The van der Waals surface area contributed by atoms with Crippen LogP contribution in [0.5, 0.6) is 0 Å². The molecule has 4 nitrogen and oxygen atoms in total. The van der Waals surface area contributed by atoms with Gasteiger partial charge in [-0.05, 0) is 41.1 Å². The molecule has 90 valence electrons. The largest absolute Gasteiger partial charge is 0.345 e. The fourth-order valence-corrected chi connectivity index (χ4v) is 2.62. The van der Waals surface area contributed by atoms with Crippen molar-refractivity contribution in [3.8, 4) is 0 Å². The third kappa shape index (κ3) is 2.29. The van der Waals surface area contributed by atoms with E-state index in [4.69, 9.17) is 0 Å². The summed E-state index contributed by atoms with van der Waals surface area (Å²) in [4.78, 5) is 25.3. The smallest absolute Gasteiger partial charge is 0.247 e. The summed E-state index contributed by atoms with van der Waals surface area (Å²) in [5.41, 5.74) is 0.819. The van der Waals surface area contributed by atoms with Gasteiger partial charge >= 0.3 is 0 Å². The van der Waals surface area contributed by atoms with Gasteiger partial charge in [0.05, 0.1) is 12.2 Å². The highest BCUT2D eigenvalue weighted by molar-refractivity contribution is 14.1. The minimum Gasteiger partial charge on any atom is -0.345 e. The van der Waals surface area contributed by atoms with Crippen LogP contribution in [0.3, 0.4) is 0 Å². The highest BCUT2D eigenvalue weighted by Gasteiger charge is 2.34. The van der Waals surface area contributed by atoms with Crippen LogP contribution in [-0.2, 0) is 9.59 Å². The molecule has 2 rings (SSSR count). The number of piperazine rings is 1. The average molecular weight is 344 g/mol. The molecule has 1 heterocycles. The van der Waals surface area contributed by atoms with Gasteiger partial charge < -0.3 is 5.32 Å². The molecule has 2 amide bonds. The Kier molecular flexibility index (Phi) is 3.66. The van der Waals surface area contributed by atoms with Crippen LogP contribution in [0.25, 0.3) is 0 Å². The lowest BCUT2D eigenvalue weighted by Gasteiger charge is -2.34. The topological polar surface area (TPSA) is 49.4 Å². The lowest BCUT2D eigenvalue weighted by molar-refractivity contribution is -0.131. The Labute approximate surface area is 114 Å². The summed E-state index contributed by atoms with van der Waals surface area (Å²) in [5.74, 6) is -0.132. The van der Waals surface area contributed by atoms with E-state index in [9.17, 15) is 9.59 Å². The fourth-order valence-electron chi connectivity index (χ4n) is 1.97. The third-order valence-corrected chi connectivity index (χ3v) is 3.71. The molecule has 1 aliphatic rings. The first-order chi connectivity index (χ1) is 8.15. The Morgan fingerprint density at radius 3 is 2.76 bits per heavy atom. The summed E-state index contributed by atoms with van der Waals surface area (Å²) in [7, 11) is 0. The van der Waals surface area contributed by atoms with Gasteiger partial charge in [0, 0.05) is 3.57 Å². The maximum Gasteiger partial charge on any atom is 0.247 e. The van der Waals surface area contributed by atoms with Crippen LogP contribution in [0.2, 0.25) is 0 Å². The highest BCUT2D eigenvalue weighted by Crippen LogP contribution is 2.26. The second-order valence-electron chi connectivity index (χ2n) is 3.86. The first-order valence-electron chi connectivity index (χ1n) is 5.49. The number of para-hydroxylation sites is 1. The van der Waals surface area contributed by atoms with Gasteiger partial charge in [0.1, 0.15) is 6.04 Å². The molecule has 17 heavy (non-hydrogen) atoms. The summed E-state index contributed by atoms with van der Waals surface area (Å²) in [6, 6.07) is 7.21. The van der Waals surface area contributed by atoms with Gasteiger partial charge in [-0.15, -0.1) is 0 Å². The molecular weight excluding hydrogens is 331 g/mol. The van der Waals surface area contributed by atoms with Gasteiger partial charge in [-0.2, -0.15) is 0 Å². The van der Waals surface area contributed by atoms with Crippen molar-refractivity contribution in [2.24, 2.45) is 0 Å². The molecule has 1 fully saturated rings. The van der Waals surface area contributed by atoms with Crippen LogP contribution in [0.1, 0.15) is 13.3 Å². The molecule has 1 saturated heterocycles. The van der Waals surface area contributed by atoms with Crippen molar-refractivity contribution in [2.45, 2.75) is 19.4 Å². The van der Waals surface area contributed by atoms with Gasteiger partial charge in [-0.25, -0.2) is 0 Å². The zero-order valence-electron chi connectivity index (χ0n) is 9.44. The molecule has 1 aliphatic heterocycles. The van der Waals surface area contributed by atoms with Crippen LogP contribution in [0.15, 0.2) is 24.3 Å². The summed E-state index contributed by atoms with van der Waals surface area (Å²) in [6.45, 7) is 1.99. The molecule has 0 aliphatic carbocycles. The van der Waals surface area contributed by atoms with Crippen LogP contribution >= 0.6 is 22.6 Å². The maximum absolute atomic E-state index is 12.0. The molecule has 1 N–H and O–H groups in total. The van der Waals surface area contributed by atoms with Gasteiger partial charge in [-0.3, -0.25) is 14.5 Å². The predicted molar refractivity (Wildman–Crippen MR) is 73.7 cm³/mol. The number of carbonyl (C=O) groups is 2. The standard InChI is InChI=1S/C12H13IN2O2/c1-2-9-12(17)14-7-11(16)15(9)10-6-4-3-5-8(10)13/h3-6,9H,2,7H2,1H3,(H,14,17). The molecule has 0 bridgehead atoms. The number of benzene rings is 1. The Hall–Kier alpha value is -1.11. The van der Waals surface area contributed by atoms with Crippen molar-refractivity contribution in [2.75, 3.05) is 11.4 Å². The van der Waals surface area contributed by atoms with E-state index in [-0.39, 0.29) is 18.4 Å². The maximum atomic E-state index is 12.0. The Morgan fingerprint density at radius 2 is 2.12 bits per heavy atom. The quantitative estimate of drug-likeness (QED) is 0.828. The Bertz CT molecular complexity index is 462. The van der Waals surface area contributed by atoms with E-state index in [1.54, 1.807) is 4.90 Å². The predicted octanol–water partition coefficient (Wildman–Crippen LogP) is 1.53. The van der Waals surface area contributed by atoms with Crippen LogP contribution in [-0.4, -0.2) is 24.4 Å². The first kappa shape index (κ1) is 12.3. The first-order valence-corrected chi connectivity index (χ1v) is 6.57. The molecular formula is C12H13IN2O2. The lowest BCUT2D eigenvalue weighted by Crippen LogP contribution is -2.58. The van der Waals surface area contributed by atoms with E-state index in [1.807, 2.05) is 31.2 Å².